The monoisotopic (exact) mass is 213 g/mol. The van der Waals surface area contributed by atoms with Gasteiger partial charge in [-0.25, -0.2) is 4.68 Å². The number of rotatable bonds is 8. The molecular weight excluding hydrogens is 194 g/mol. The van der Waals surface area contributed by atoms with E-state index in [1.165, 1.54) is 0 Å². The van der Waals surface area contributed by atoms with Crippen molar-refractivity contribution >= 4 is 0 Å². The number of methoxy groups -OCH3 is 1. The van der Waals surface area contributed by atoms with Crippen molar-refractivity contribution in [3.63, 3.8) is 0 Å². The van der Waals surface area contributed by atoms with Gasteiger partial charge in [-0.05, 0) is 29.8 Å². The number of tetrazole rings is 1. The Bertz CT molecular complexity index is 263. The van der Waals surface area contributed by atoms with Gasteiger partial charge in [-0.3, -0.25) is 0 Å². The summed E-state index contributed by atoms with van der Waals surface area (Å²) in [5, 5.41) is 14.8. The van der Waals surface area contributed by atoms with Crippen LogP contribution in [0.5, 0.6) is 0 Å². The Hall–Kier alpha value is -1.01. The molecule has 1 rings (SSSR count). The summed E-state index contributed by atoms with van der Waals surface area (Å²) in [6.45, 7) is 5.37. The van der Waals surface area contributed by atoms with E-state index in [9.17, 15) is 0 Å². The SMILES string of the molecule is CCNCc1nnnn1CCCCOC. The molecule has 1 N–H and O–H groups in total. The van der Waals surface area contributed by atoms with Crippen molar-refractivity contribution in [1.29, 1.82) is 0 Å². The van der Waals surface area contributed by atoms with E-state index in [4.69, 9.17) is 4.74 Å². The third kappa shape index (κ3) is 4.35. The minimum Gasteiger partial charge on any atom is -0.385 e. The van der Waals surface area contributed by atoms with Crippen LogP contribution in [0.3, 0.4) is 0 Å². The fourth-order valence-electron chi connectivity index (χ4n) is 1.27. The van der Waals surface area contributed by atoms with Crippen LogP contribution in [0.2, 0.25) is 0 Å². The molecule has 1 aromatic heterocycles. The number of aromatic nitrogens is 4. The van der Waals surface area contributed by atoms with Gasteiger partial charge in [-0.2, -0.15) is 0 Å². The molecule has 0 atom stereocenters. The maximum Gasteiger partial charge on any atom is 0.165 e. The minimum absolute atomic E-state index is 0.730. The first-order valence-corrected chi connectivity index (χ1v) is 5.33. The van der Waals surface area contributed by atoms with Crippen LogP contribution in [0.4, 0.5) is 0 Å². The second kappa shape index (κ2) is 7.30. The lowest BCUT2D eigenvalue weighted by atomic mass is 10.3. The minimum atomic E-state index is 0.730. The Morgan fingerprint density at radius 2 is 2.27 bits per heavy atom. The van der Waals surface area contributed by atoms with Gasteiger partial charge in [0, 0.05) is 20.3 Å². The number of hydrogen-bond donors (Lipinski definition) is 1. The average molecular weight is 213 g/mol. The molecule has 0 saturated heterocycles. The Morgan fingerprint density at radius 3 is 3.00 bits per heavy atom. The van der Waals surface area contributed by atoms with E-state index in [1.807, 2.05) is 4.68 Å². The predicted octanol–water partition coefficient (Wildman–Crippen LogP) is 0.209. The van der Waals surface area contributed by atoms with Crippen LogP contribution in [0, 0.1) is 0 Å². The lowest BCUT2D eigenvalue weighted by Crippen LogP contribution is -2.17. The molecule has 0 saturated carbocycles. The molecule has 1 heterocycles. The summed E-state index contributed by atoms with van der Waals surface area (Å²) < 4.78 is 6.83. The average Bonchev–Trinajstić information content (AvgIpc) is 2.69. The molecule has 0 spiro atoms. The molecule has 0 fully saturated rings. The van der Waals surface area contributed by atoms with Gasteiger partial charge in [-0.1, -0.05) is 6.92 Å². The second-order valence-electron chi connectivity index (χ2n) is 3.30. The lowest BCUT2D eigenvalue weighted by molar-refractivity contribution is 0.190. The van der Waals surface area contributed by atoms with Gasteiger partial charge in [0.25, 0.3) is 0 Å². The van der Waals surface area contributed by atoms with Gasteiger partial charge in [0.2, 0.25) is 0 Å². The van der Waals surface area contributed by atoms with Crippen LogP contribution in [0.1, 0.15) is 25.6 Å². The summed E-state index contributed by atoms with van der Waals surface area (Å²) in [6, 6.07) is 0. The van der Waals surface area contributed by atoms with Crippen molar-refractivity contribution < 1.29 is 4.74 Å². The van der Waals surface area contributed by atoms with E-state index in [-0.39, 0.29) is 0 Å². The molecule has 0 amide bonds. The Balaban J connectivity index is 2.29. The largest absolute Gasteiger partial charge is 0.385 e. The maximum absolute atomic E-state index is 4.98. The quantitative estimate of drug-likeness (QED) is 0.625. The summed E-state index contributed by atoms with van der Waals surface area (Å²) in [7, 11) is 1.72. The van der Waals surface area contributed by atoms with Crippen molar-refractivity contribution in [2.24, 2.45) is 0 Å². The van der Waals surface area contributed by atoms with Gasteiger partial charge >= 0.3 is 0 Å². The van der Waals surface area contributed by atoms with E-state index in [0.29, 0.717) is 0 Å². The van der Waals surface area contributed by atoms with Crippen molar-refractivity contribution in [1.82, 2.24) is 25.5 Å². The number of hydrogen-bond acceptors (Lipinski definition) is 5. The molecule has 0 bridgehead atoms. The highest BCUT2D eigenvalue weighted by Gasteiger charge is 2.03. The molecule has 6 nitrogen and oxygen atoms in total. The van der Waals surface area contributed by atoms with Crippen LogP contribution in [0.15, 0.2) is 0 Å². The van der Waals surface area contributed by atoms with Crippen LogP contribution in [-0.2, 0) is 17.8 Å². The maximum atomic E-state index is 4.98. The highest BCUT2D eigenvalue weighted by atomic mass is 16.5. The number of nitrogens with one attached hydrogen (secondary N) is 1. The third-order valence-corrected chi connectivity index (χ3v) is 2.11. The van der Waals surface area contributed by atoms with Gasteiger partial charge in [0.05, 0.1) is 6.54 Å². The number of unbranched alkanes of at least 4 members (excludes halogenated alkanes) is 1. The van der Waals surface area contributed by atoms with E-state index in [0.717, 1.165) is 44.9 Å². The van der Waals surface area contributed by atoms with Crippen molar-refractivity contribution in [3.8, 4) is 0 Å². The van der Waals surface area contributed by atoms with Crippen LogP contribution in [-0.4, -0.2) is 40.5 Å². The first-order valence-electron chi connectivity index (χ1n) is 5.33. The van der Waals surface area contributed by atoms with E-state index >= 15 is 0 Å². The van der Waals surface area contributed by atoms with E-state index in [2.05, 4.69) is 27.8 Å². The van der Waals surface area contributed by atoms with Crippen molar-refractivity contribution in [2.75, 3.05) is 20.3 Å². The number of ether oxygens (including phenoxy) is 1. The van der Waals surface area contributed by atoms with Gasteiger partial charge in [-0.15, -0.1) is 5.10 Å². The molecule has 6 heteroatoms. The van der Waals surface area contributed by atoms with Gasteiger partial charge < -0.3 is 10.1 Å². The molecule has 0 aliphatic heterocycles. The highest BCUT2D eigenvalue weighted by molar-refractivity contribution is 4.79. The third-order valence-electron chi connectivity index (χ3n) is 2.11. The first-order chi connectivity index (χ1) is 7.38. The zero-order valence-electron chi connectivity index (χ0n) is 9.44. The molecular formula is C9H19N5O. The summed E-state index contributed by atoms with van der Waals surface area (Å²) in [6.07, 6.45) is 2.08. The lowest BCUT2D eigenvalue weighted by Gasteiger charge is -2.04. The van der Waals surface area contributed by atoms with Gasteiger partial charge in [0.15, 0.2) is 5.82 Å². The summed E-state index contributed by atoms with van der Waals surface area (Å²) in [5.41, 5.74) is 0. The van der Waals surface area contributed by atoms with Crippen LogP contribution >= 0.6 is 0 Å². The van der Waals surface area contributed by atoms with Crippen LogP contribution in [0.25, 0.3) is 0 Å². The number of aryl methyl sites for hydroxylation is 1. The normalized spacial score (nSPS) is 10.8. The molecule has 0 aliphatic carbocycles. The molecule has 15 heavy (non-hydrogen) atoms. The summed E-state index contributed by atoms with van der Waals surface area (Å²) >= 11 is 0. The van der Waals surface area contributed by atoms with Crippen molar-refractivity contribution in [3.05, 3.63) is 5.82 Å². The summed E-state index contributed by atoms with van der Waals surface area (Å²) in [4.78, 5) is 0. The van der Waals surface area contributed by atoms with Crippen LogP contribution < -0.4 is 5.32 Å². The fraction of sp³-hybridized carbons (Fsp3) is 0.889. The second-order valence-corrected chi connectivity index (χ2v) is 3.30. The Labute approximate surface area is 90.0 Å². The smallest absolute Gasteiger partial charge is 0.165 e. The number of nitrogens with zero attached hydrogens (tertiary/aromatic N) is 4. The Kier molecular flexibility index (Phi) is 5.87. The van der Waals surface area contributed by atoms with Crippen molar-refractivity contribution in [2.45, 2.75) is 32.9 Å². The Morgan fingerprint density at radius 1 is 1.40 bits per heavy atom. The van der Waals surface area contributed by atoms with E-state index in [1.54, 1.807) is 7.11 Å². The molecule has 0 aromatic carbocycles. The topological polar surface area (TPSA) is 64.9 Å². The molecule has 0 aliphatic rings. The zero-order chi connectivity index (χ0) is 10.9. The first kappa shape index (κ1) is 12.1. The highest BCUT2D eigenvalue weighted by Crippen LogP contribution is 1.97. The zero-order valence-corrected chi connectivity index (χ0v) is 9.44. The fourth-order valence-corrected chi connectivity index (χ4v) is 1.27. The van der Waals surface area contributed by atoms with Gasteiger partial charge in [0.1, 0.15) is 0 Å². The molecule has 86 valence electrons. The molecule has 0 unspecified atom stereocenters. The molecule has 0 radical (unpaired) electrons. The molecule has 1 aromatic rings. The standard InChI is InChI=1S/C9H19N5O/c1-3-10-8-9-11-12-13-14(9)6-4-5-7-15-2/h10H,3-8H2,1-2H3. The summed E-state index contributed by atoms with van der Waals surface area (Å²) in [5.74, 6) is 0.897. The predicted molar refractivity (Wildman–Crippen MR) is 56.3 cm³/mol. The van der Waals surface area contributed by atoms with E-state index < -0.39 is 0 Å².